The van der Waals surface area contributed by atoms with Gasteiger partial charge in [-0.15, -0.1) is 0 Å². The molecule has 0 heterocycles. The van der Waals surface area contributed by atoms with Crippen LogP contribution in [0.5, 0.6) is 0 Å². The third kappa shape index (κ3) is 7.67. The number of unbranched alkanes of at least 4 members (excludes halogenated alkanes) is 1. The van der Waals surface area contributed by atoms with Gasteiger partial charge in [-0.25, -0.2) is 0 Å². The molecule has 0 aliphatic rings. The second-order valence-corrected chi connectivity index (χ2v) is 7.13. The van der Waals surface area contributed by atoms with Crippen molar-refractivity contribution in [2.45, 2.75) is 93.0 Å². The zero-order valence-electron chi connectivity index (χ0n) is 15.3. The average molecular weight is 284 g/mol. The third-order valence-corrected chi connectivity index (χ3v) is 5.36. The Kier molecular flexibility index (Phi) is 11.6. The van der Waals surface area contributed by atoms with Gasteiger partial charge in [0, 0.05) is 6.04 Å². The molecule has 0 bridgehead atoms. The van der Waals surface area contributed by atoms with Gasteiger partial charge in [-0.3, -0.25) is 0 Å². The Bertz CT molecular complexity index is 214. The molecular weight excluding hydrogens is 242 g/mol. The van der Waals surface area contributed by atoms with E-state index in [0.29, 0.717) is 6.04 Å². The summed E-state index contributed by atoms with van der Waals surface area (Å²) in [5.74, 6) is 3.35. The lowest BCUT2D eigenvalue weighted by atomic mass is 9.78. The van der Waals surface area contributed by atoms with Crippen molar-refractivity contribution in [2.75, 3.05) is 6.54 Å². The first-order chi connectivity index (χ1) is 9.47. The maximum Gasteiger partial charge on any atom is 0.00643 e. The largest absolute Gasteiger partial charge is 0.314 e. The standard InChI is InChI=1S/C19H41N/c1-8-11-13-19(16(5)12-9-2)17(6)14-20-18(7)15(4)10-3/h15-20H,8-14H2,1-7H3. The second kappa shape index (κ2) is 11.6. The molecule has 20 heavy (non-hydrogen) atoms. The molecule has 5 unspecified atom stereocenters. The molecular formula is C19H41N. The van der Waals surface area contributed by atoms with Crippen molar-refractivity contribution >= 4 is 0 Å². The van der Waals surface area contributed by atoms with E-state index in [1.54, 1.807) is 0 Å². The Balaban J connectivity index is 4.34. The highest BCUT2D eigenvalue weighted by molar-refractivity contribution is 4.76. The van der Waals surface area contributed by atoms with Crippen LogP contribution in [0.2, 0.25) is 0 Å². The van der Waals surface area contributed by atoms with Gasteiger partial charge in [-0.05, 0) is 43.6 Å². The maximum absolute atomic E-state index is 3.79. The predicted molar refractivity (Wildman–Crippen MR) is 93.2 cm³/mol. The lowest BCUT2D eigenvalue weighted by Crippen LogP contribution is -2.37. The molecule has 0 saturated carbocycles. The smallest absolute Gasteiger partial charge is 0.00643 e. The van der Waals surface area contributed by atoms with Crippen LogP contribution < -0.4 is 5.32 Å². The van der Waals surface area contributed by atoms with E-state index >= 15 is 0 Å². The van der Waals surface area contributed by atoms with Crippen molar-refractivity contribution in [3.8, 4) is 0 Å². The van der Waals surface area contributed by atoms with E-state index in [1.165, 1.54) is 45.1 Å². The Labute approximate surface area is 129 Å². The van der Waals surface area contributed by atoms with Gasteiger partial charge < -0.3 is 5.32 Å². The summed E-state index contributed by atoms with van der Waals surface area (Å²) in [4.78, 5) is 0. The highest BCUT2D eigenvalue weighted by Crippen LogP contribution is 2.29. The van der Waals surface area contributed by atoms with Gasteiger partial charge in [0.1, 0.15) is 0 Å². The van der Waals surface area contributed by atoms with E-state index in [9.17, 15) is 0 Å². The fourth-order valence-electron chi connectivity index (χ4n) is 3.32. The molecule has 0 saturated heterocycles. The van der Waals surface area contributed by atoms with E-state index in [4.69, 9.17) is 0 Å². The first-order valence-electron chi connectivity index (χ1n) is 9.21. The summed E-state index contributed by atoms with van der Waals surface area (Å²) < 4.78 is 0. The molecule has 5 atom stereocenters. The number of hydrogen-bond donors (Lipinski definition) is 1. The molecule has 0 aromatic heterocycles. The van der Waals surface area contributed by atoms with E-state index in [0.717, 1.165) is 23.7 Å². The molecule has 1 heteroatoms. The van der Waals surface area contributed by atoms with Crippen LogP contribution in [-0.2, 0) is 0 Å². The van der Waals surface area contributed by atoms with Crippen molar-refractivity contribution in [1.29, 1.82) is 0 Å². The first kappa shape index (κ1) is 20.0. The molecule has 1 nitrogen and oxygen atoms in total. The van der Waals surface area contributed by atoms with E-state index in [1.807, 2.05) is 0 Å². The van der Waals surface area contributed by atoms with Crippen LogP contribution in [-0.4, -0.2) is 12.6 Å². The van der Waals surface area contributed by atoms with Gasteiger partial charge in [0.25, 0.3) is 0 Å². The maximum atomic E-state index is 3.79. The summed E-state index contributed by atoms with van der Waals surface area (Å²) in [5.41, 5.74) is 0. The van der Waals surface area contributed by atoms with Gasteiger partial charge in [0.05, 0.1) is 0 Å². The summed E-state index contributed by atoms with van der Waals surface area (Å²) in [6, 6.07) is 0.649. The van der Waals surface area contributed by atoms with Gasteiger partial charge in [0.15, 0.2) is 0 Å². The molecule has 0 radical (unpaired) electrons. The summed E-state index contributed by atoms with van der Waals surface area (Å²) >= 11 is 0. The van der Waals surface area contributed by atoms with E-state index < -0.39 is 0 Å². The summed E-state index contributed by atoms with van der Waals surface area (Å²) in [6.07, 6.45) is 8.13. The van der Waals surface area contributed by atoms with Gasteiger partial charge in [-0.2, -0.15) is 0 Å². The Morgan fingerprint density at radius 1 is 0.750 bits per heavy atom. The van der Waals surface area contributed by atoms with Crippen molar-refractivity contribution in [3.05, 3.63) is 0 Å². The number of hydrogen-bond acceptors (Lipinski definition) is 1. The van der Waals surface area contributed by atoms with Crippen LogP contribution in [0.3, 0.4) is 0 Å². The normalized spacial score (nSPS) is 19.4. The Morgan fingerprint density at radius 3 is 1.90 bits per heavy atom. The summed E-state index contributed by atoms with van der Waals surface area (Å²) in [5, 5.41) is 3.79. The molecule has 0 rings (SSSR count). The molecule has 0 amide bonds. The van der Waals surface area contributed by atoms with Crippen molar-refractivity contribution in [3.63, 3.8) is 0 Å². The van der Waals surface area contributed by atoms with Crippen LogP contribution in [0.1, 0.15) is 87.0 Å². The topological polar surface area (TPSA) is 12.0 Å². The van der Waals surface area contributed by atoms with Crippen molar-refractivity contribution in [1.82, 2.24) is 5.32 Å². The average Bonchev–Trinajstić information content (AvgIpc) is 2.44. The van der Waals surface area contributed by atoms with E-state index in [-0.39, 0.29) is 0 Å². The number of nitrogens with one attached hydrogen (secondary N) is 1. The Hall–Kier alpha value is -0.0400. The van der Waals surface area contributed by atoms with Crippen LogP contribution in [0.15, 0.2) is 0 Å². The molecule has 0 fully saturated rings. The highest BCUT2D eigenvalue weighted by atomic mass is 14.9. The minimum Gasteiger partial charge on any atom is -0.314 e. The predicted octanol–water partition coefficient (Wildman–Crippen LogP) is 5.89. The SMILES string of the molecule is CCCCC(C(C)CCC)C(C)CNC(C)C(C)CC. The molecule has 0 aromatic rings. The lowest BCUT2D eigenvalue weighted by Gasteiger charge is -2.31. The fourth-order valence-corrected chi connectivity index (χ4v) is 3.32. The third-order valence-electron chi connectivity index (χ3n) is 5.36. The minimum atomic E-state index is 0.649. The van der Waals surface area contributed by atoms with Gasteiger partial charge >= 0.3 is 0 Å². The van der Waals surface area contributed by atoms with Crippen molar-refractivity contribution < 1.29 is 0 Å². The summed E-state index contributed by atoms with van der Waals surface area (Å²) in [6.45, 7) is 17.7. The first-order valence-corrected chi connectivity index (χ1v) is 9.21. The van der Waals surface area contributed by atoms with Crippen LogP contribution in [0.4, 0.5) is 0 Å². The fraction of sp³-hybridized carbons (Fsp3) is 1.00. The van der Waals surface area contributed by atoms with Crippen LogP contribution in [0, 0.1) is 23.7 Å². The van der Waals surface area contributed by atoms with Gasteiger partial charge in [-0.1, -0.05) is 73.6 Å². The lowest BCUT2D eigenvalue weighted by molar-refractivity contribution is 0.208. The minimum absolute atomic E-state index is 0.649. The highest BCUT2D eigenvalue weighted by Gasteiger charge is 2.23. The number of rotatable bonds is 12. The van der Waals surface area contributed by atoms with Crippen LogP contribution in [0.25, 0.3) is 0 Å². The zero-order valence-corrected chi connectivity index (χ0v) is 15.3. The molecule has 1 N–H and O–H groups in total. The molecule has 0 aliphatic carbocycles. The summed E-state index contributed by atoms with van der Waals surface area (Å²) in [7, 11) is 0. The van der Waals surface area contributed by atoms with Crippen molar-refractivity contribution in [2.24, 2.45) is 23.7 Å². The quantitative estimate of drug-likeness (QED) is 0.471. The molecule has 0 aromatic carbocycles. The Morgan fingerprint density at radius 2 is 1.40 bits per heavy atom. The monoisotopic (exact) mass is 283 g/mol. The molecule has 0 aliphatic heterocycles. The van der Waals surface area contributed by atoms with Gasteiger partial charge in [0.2, 0.25) is 0 Å². The zero-order chi connectivity index (χ0) is 15.5. The van der Waals surface area contributed by atoms with Crippen LogP contribution >= 0.6 is 0 Å². The molecule has 0 spiro atoms. The molecule has 122 valence electrons. The van der Waals surface area contributed by atoms with E-state index in [2.05, 4.69) is 53.8 Å². The second-order valence-electron chi connectivity index (χ2n) is 7.13.